The SMILES string of the molecule is N#Cc1ccccc1CN1CCC(C(=O)Cc2ccn(-c3ccccc3F)n2)CC1. The first kappa shape index (κ1) is 20.0. The van der Waals surface area contributed by atoms with Crippen molar-refractivity contribution in [2.75, 3.05) is 13.1 Å². The highest BCUT2D eigenvalue weighted by atomic mass is 19.1. The van der Waals surface area contributed by atoms with Crippen LogP contribution in [0.2, 0.25) is 0 Å². The van der Waals surface area contributed by atoms with Crippen molar-refractivity contribution >= 4 is 5.78 Å². The van der Waals surface area contributed by atoms with E-state index in [0.717, 1.165) is 38.0 Å². The highest BCUT2D eigenvalue weighted by Crippen LogP contribution is 2.22. The normalized spacial score (nSPS) is 15.1. The molecule has 30 heavy (non-hydrogen) atoms. The summed E-state index contributed by atoms with van der Waals surface area (Å²) in [6.07, 6.45) is 3.57. The minimum Gasteiger partial charge on any atom is -0.299 e. The summed E-state index contributed by atoms with van der Waals surface area (Å²) in [5.41, 5.74) is 2.78. The number of piperidine rings is 1. The number of para-hydroxylation sites is 1. The number of ketones is 1. The summed E-state index contributed by atoms with van der Waals surface area (Å²) in [6, 6.07) is 18.1. The lowest BCUT2D eigenvalue weighted by Gasteiger charge is -2.31. The van der Waals surface area contributed by atoms with E-state index in [9.17, 15) is 14.4 Å². The van der Waals surface area contributed by atoms with Gasteiger partial charge in [0.2, 0.25) is 0 Å². The second kappa shape index (κ2) is 9.02. The van der Waals surface area contributed by atoms with Crippen LogP contribution in [0.5, 0.6) is 0 Å². The van der Waals surface area contributed by atoms with Gasteiger partial charge in [-0.25, -0.2) is 9.07 Å². The summed E-state index contributed by atoms with van der Waals surface area (Å²) < 4.78 is 15.4. The molecule has 0 bridgehead atoms. The van der Waals surface area contributed by atoms with Gasteiger partial charge in [-0.05, 0) is 55.8 Å². The maximum Gasteiger partial charge on any atom is 0.148 e. The molecule has 0 unspecified atom stereocenters. The number of aromatic nitrogens is 2. The lowest BCUT2D eigenvalue weighted by atomic mass is 9.90. The quantitative estimate of drug-likeness (QED) is 0.627. The smallest absolute Gasteiger partial charge is 0.148 e. The Hall–Kier alpha value is -3.30. The Balaban J connectivity index is 1.32. The number of nitrogens with zero attached hydrogens (tertiary/aromatic N) is 4. The third-order valence-electron chi connectivity index (χ3n) is 5.67. The molecule has 0 radical (unpaired) electrons. The number of hydrogen-bond donors (Lipinski definition) is 0. The van der Waals surface area contributed by atoms with Crippen LogP contribution < -0.4 is 0 Å². The monoisotopic (exact) mass is 402 g/mol. The van der Waals surface area contributed by atoms with Crippen LogP contribution in [0.3, 0.4) is 0 Å². The van der Waals surface area contributed by atoms with Crippen molar-refractivity contribution in [1.82, 2.24) is 14.7 Å². The van der Waals surface area contributed by atoms with Crippen molar-refractivity contribution in [3.8, 4) is 11.8 Å². The van der Waals surface area contributed by atoms with Crippen LogP contribution in [0.15, 0.2) is 60.8 Å². The third kappa shape index (κ3) is 4.47. The van der Waals surface area contributed by atoms with E-state index in [1.54, 1.807) is 30.5 Å². The molecule has 1 aromatic heterocycles. The van der Waals surface area contributed by atoms with Gasteiger partial charge in [-0.15, -0.1) is 0 Å². The molecular formula is C24H23FN4O. The second-order valence-corrected chi connectivity index (χ2v) is 7.67. The Labute approximate surface area is 175 Å². The first-order chi connectivity index (χ1) is 14.6. The number of nitriles is 1. The molecule has 0 aliphatic carbocycles. The number of hydrogen-bond acceptors (Lipinski definition) is 4. The summed E-state index contributed by atoms with van der Waals surface area (Å²) in [5, 5.41) is 13.6. The van der Waals surface area contributed by atoms with E-state index in [-0.39, 0.29) is 23.9 Å². The van der Waals surface area contributed by atoms with Crippen molar-refractivity contribution in [1.29, 1.82) is 5.26 Å². The van der Waals surface area contributed by atoms with E-state index in [1.165, 1.54) is 10.7 Å². The van der Waals surface area contributed by atoms with Gasteiger partial charge in [0.1, 0.15) is 17.3 Å². The van der Waals surface area contributed by atoms with Gasteiger partial charge < -0.3 is 0 Å². The lowest BCUT2D eigenvalue weighted by Crippen LogP contribution is -2.36. The summed E-state index contributed by atoms with van der Waals surface area (Å²) in [4.78, 5) is 15.1. The summed E-state index contributed by atoms with van der Waals surface area (Å²) in [5.74, 6) is -0.138. The van der Waals surface area contributed by atoms with Crippen molar-refractivity contribution in [2.24, 2.45) is 5.92 Å². The third-order valence-corrected chi connectivity index (χ3v) is 5.67. The van der Waals surface area contributed by atoms with Crippen molar-refractivity contribution in [3.63, 3.8) is 0 Å². The van der Waals surface area contributed by atoms with Crippen LogP contribution in [0, 0.1) is 23.1 Å². The average Bonchev–Trinajstić information content (AvgIpc) is 3.23. The highest BCUT2D eigenvalue weighted by molar-refractivity contribution is 5.83. The zero-order valence-corrected chi connectivity index (χ0v) is 16.7. The summed E-state index contributed by atoms with van der Waals surface area (Å²) in [6.45, 7) is 2.40. The molecule has 1 aliphatic heterocycles. The molecule has 0 N–H and O–H groups in total. The predicted molar refractivity (Wildman–Crippen MR) is 111 cm³/mol. The number of carbonyl (C=O) groups excluding carboxylic acids is 1. The molecule has 3 aromatic rings. The van der Waals surface area contributed by atoms with Gasteiger partial charge in [0, 0.05) is 18.7 Å². The molecule has 152 valence electrons. The second-order valence-electron chi connectivity index (χ2n) is 7.67. The zero-order chi connectivity index (χ0) is 20.9. The van der Waals surface area contributed by atoms with Gasteiger partial charge in [0.25, 0.3) is 0 Å². The van der Waals surface area contributed by atoms with Gasteiger partial charge in [-0.1, -0.05) is 30.3 Å². The largest absolute Gasteiger partial charge is 0.299 e. The minimum absolute atomic E-state index is 0.0195. The van der Waals surface area contributed by atoms with Crippen LogP contribution >= 0.6 is 0 Å². The van der Waals surface area contributed by atoms with Crippen LogP contribution in [-0.2, 0) is 17.8 Å². The van der Waals surface area contributed by atoms with E-state index < -0.39 is 0 Å². The first-order valence-electron chi connectivity index (χ1n) is 10.2. The Kier molecular flexibility index (Phi) is 6.01. The summed E-state index contributed by atoms with van der Waals surface area (Å²) in [7, 11) is 0. The molecule has 0 spiro atoms. The van der Waals surface area contributed by atoms with Gasteiger partial charge in [-0.2, -0.15) is 10.4 Å². The van der Waals surface area contributed by atoms with Crippen molar-refractivity contribution < 1.29 is 9.18 Å². The Morgan fingerprint density at radius 3 is 2.60 bits per heavy atom. The van der Waals surface area contributed by atoms with Crippen molar-refractivity contribution in [2.45, 2.75) is 25.8 Å². The fourth-order valence-electron chi connectivity index (χ4n) is 3.97. The highest BCUT2D eigenvalue weighted by Gasteiger charge is 2.25. The summed E-state index contributed by atoms with van der Waals surface area (Å²) >= 11 is 0. The minimum atomic E-state index is -0.344. The standard InChI is InChI=1S/C24H23FN4O/c25-22-7-3-4-8-23(22)29-14-11-21(27-29)15-24(30)18-9-12-28(13-10-18)17-20-6-2-1-5-19(20)16-26/h1-8,11,14,18H,9-10,12-13,15,17H2. The molecule has 4 rings (SSSR count). The molecular weight excluding hydrogens is 379 g/mol. The van der Waals surface area contributed by atoms with E-state index in [1.807, 2.05) is 24.3 Å². The zero-order valence-electron chi connectivity index (χ0n) is 16.7. The fraction of sp³-hybridized carbons (Fsp3) is 0.292. The molecule has 0 saturated carbocycles. The first-order valence-corrected chi connectivity index (χ1v) is 10.2. The molecule has 2 aromatic carbocycles. The Morgan fingerprint density at radius 2 is 1.83 bits per heavy atom. The van der Waals surface area contributed by atoms with E-state index in [2.05, 4.69) is 16.1 Å². The molecule has 6 heteroatoms. The Morgan fingerprint density at radius 1 is 1.10 bits per heavy atom. The number of likely N-dealkylation sites (tertiary alicyclic amines) is 1. The van der Waals surface area contributed by atoms with Gasteiger partial charge in [0.05, 0.1) is 23.7 Å². The van der Waals surface area contributed by atoms with E-state index in [0.29, 0.717) is 16.9 Å². The molecule has 2 heterocycles. The average molecular weight is 402 g/mol. The van der Waals surface area contributed by atoms with E-state index in [4.69, 9.17) is 0 Å². The van der Waals surface area contributed by atoms with E-state index >= 15 is 0 Å². The van der Waals surface area contributed by atoms with Crippen LogP contribution in [0.1, 0.15) is 29.7 Å². The molecule has 1 fully saturated rings. The van der Waals surface area contributed by atoms with Crippen LogP contribution in [-0.4, -0.2) is 33.6 Å². The molecule has 1 saturated heterocycles. The molecule has 0 atom stereocenters. The maximum atomic E-state index is 13.9. The molecule has 1 aliphatic rings. The molecule has 5 nitrogen and oxygen atoms in total. The van der Waals surface area contributed by atoms with Gasteiger partial charge in [0.15, 0.2) is 0 Å². The fourth-order valence-corrected chi connectivity index (χ4v) is 3.97. The Bertz CT molecular complexity index is 1080. The van der Waals surface area contributed by atoms with Gasteiger partial charge in [-0.3, -0.25) is 9.69 Å². The number of halogens is 1. The number of carbonyl (C=O) groups is 1. The van der Waals surface area contributed by atoms with Gasteiger partial charge >= 0.3 is 0 Å². The maximum absolute atomic E-state index is 13.9. The lowest BCUT2D eigenvalue weighted by molar-refractivity contribution is -0.123. The van der Waals surface area contributed by atoms with Crippen LogP contribution in [0.4, 0.5) is 4.39 Å². The van der Waals surface area contributed by atoms with Crippen LogP contribution in [0.25, 0.3) is 5.69 Å². The van der Waals surface area contributed by atoms with Crippen molar-refractivity contribution in [3.05, 3.63) is 83.4 Å². The number of rotatable bonds is 6. The predicted octanol–water partition coefficient (Wildman–Crippen LogP) is 3.91. The molecule has 0 amide bonds. The topological polar surface area (TPSA) is 61.9 Å². The number of benzene rings is 2. The number of Topliss-reactive ketones (excluding diaryl/α,β-unsaturated/α-hetero) is 1.